The van der Waals surface area contributed by atoms with Crippen LogP contribution in [0.25, 0.3) is 0 Å². The van der Waals surface area contributed by atoms with Gasteiger partial charge in [0.1, 0.15) is 5.75 Å². The molecule has 3 rings (SSSR count). The number of rotatable bonds is 4. The summed E-state index contributed by atoms with van der Waals surface area (Å²) in [5.74, 6) is 0.702. The van der Waals surface area contributed by atoms with Gasteiger partial charge in [-0.25, -0.2) is 9.80 Å². The van der Waals surface area contributed by atoms with Crippen molar-refractivity contribution in [1.29, 1.82) is 0 Å². The fourth-order valence-electron chi connectivity index (χ4n) is 3.11. The lowest BCUT2D eigenvalue weighted by molar-refractivity contribution is -0.117. The summed E-state index contributed by atoms with van der Waals surface area (Å²) >= 11 is 0. The molecule has 25 heavy (non-hydrogen) atoms. The molecule has 2 aliphatic heterocycles. The Hall–Kier alpha value is -2.32. The molecule has 2 aliphatic rings. The normalized spacial score (nSPS) is 22.1. The first-order valence-electron chi connectivity index (χ1n) is 8.50. The lowest BCUT2D eigenvalue weighted by Crippen LogP contribution is -2.56. The van der Waals surface area contributed by atoms with Gasteiger partial charge in [0.25, 0.3) is 0 Å². The van der Waals surface area contributed by atoms with Crippen LogP contribution in [0.15, 0.2) is 24.3 Å². The highest BCUT2D eigenvalue weighted by molar-refractivity contribution is 5.97. The average molecular weight is 347 g/mol. The van der Waals surface area contributed by atoms with Gasteiger partial charge in [0.2, 0.25) is 5.91 Å². The van der Waals surface area contributed by atoms with Crippen LogP contribution in [0.3, 0.4) is 0 Å². The van der Waals surface area contributed by atoms with Gasteiger partial charge in [0.05, 0.1) is 13.2 Å². The molecule has 2 heterocycles. The zero-order valence-electron chi connectivity index (χ0n) is 14.7. The third-order valence-electron chi connectivity index (χ3n) is 4.59. The van der Waals surface area contributed by atoms with Crippen LogP contribution in [0.1, 0.15) is 6.42 Å². The molecule has 2 fully saturated rings. The summed E-state index contributed by atoms with van der Waals surface area (Å²) in [6.07, 6.45) is 0.299. The van der Waals surface area contributed by atoms with Crippen molar-refractivity contribution in [3.8, 4) is 5.75 Å². The molecule has 1 aromatic carbocycles. The van der Waals surface area contributed by atoms with Crippen molar-refractivity contribution in [2.24, 2.45) is 0 Å². The molecule has 0 saturated carbocycles. The Labute approximate surface area is 147 Å². The lowest BCUT2D eigenvalue weighted by atomic mass is 10.2. The van der Waals surface area contributed by atoms with E-state index >= 15 is 0 Å². The molecule has 1 aromatic rings. The lowest BCUT2D eigenvalue weighted by Gasteiger charge is -2.32. The van der Waals surface area contributed by atoms with E-state index in [1.165, 1.54) is 0 Å². The Bertz CT molecular complexity index is 630. The second-order valence-corrected chi connectivity index (χ2v) is 6.48. The summed E-state index contributed by atoms with van der Waals surface area (Å²) in [5, 5.41) is 4.81. The third kappa shape index (κ3) is 4.40. The van der Waals surface area contributed by atoms with Crippen molar-refractivity contribution in [1.82, 2.24) is 20.7 Å². The second-order valence-electron chi connectivity index (χ2n) is 6.48. The van der Waals surface area contributed by atoms with Crippen molar-refractivity contribution < 1.29 is 14.3 Å². The van der Waals surface area contributed by atoms with E-state index in [1.54, 1.807) is 12.0 Å². The van der Waals surface area contributed by atoms with E-state index in [9.17, 15) is 9.59 Å². The Morgan fingerprint density at radius 3 is 2.72 bits per heavy atom. The number of benzene rings is 1. The molecule has 2 saturated heterocycles. The zero-order valence-corrected chi connectivity index (χ0v) is 14.7. The number of anilines is 1. The van der Waals surface area contributed by atoms with Gasteiger partial charge in [-0.2, -0.15) is 0 Å². The zero-order chi connectivity index (χ0) is 17.8. The minimum absolute atomic E-state index is 0.00171. The molecule has 0 radical (unpaired) electrons. The number of hydrogen-bond acceptors (Lipinski definition) is 5. The summed E-state index contributed by atoms with van der Waals surface area (Å²) in [6, 6.07) is 6.92. The van der Waals surface area contributed by atoms with Crippen LogP contribution in [0.4, 0.5) is 10.5 Å². The summed E-state index contributed by atoms with van der Waals surface area (Å²) < 4.78 is 5.21. The number of piperazine rings is 1. The molecule has 0 spiro atoms. The number of carbonyl (C=O) groups is 2. The van der Waals surface area contributed by atoms with E-state index in [1.807, 2.05) is 29.3 Å². The third-order valence-corrected chi connectivity index (χ3v) is 4.59. The number of methoxy groups -OCH3 is 1. The number of amides is 3. The Morgan fingerprint density at radius 1 is 1.24 bits per heavy atom. The average Bonchev–Trinajstić information content (AvgIpc) is 2.97. The van der Waals surface area contributed by atoms with Gasteiger partial charge in [-0.3, -0.25) is 10.2 Å². The van der Waals surface area contributed by atoms with Gasteiger partial charge in [-0.15, -0.1) is 0 Å². The van der Waals surface area contributed by atoms with Crippen LogP contribution in [-0.4, -0.2) is 74.8 Å². The van der Waals surface area contributed by atoms with Crippen molar-refractivity contribution in [3.05, 3.63) is 24.3 Å². The van der Waals surface area contributed by atoms with Crippen molar-refractivity contribution in [2.45, 2.75) is 12.5 Å². The number of hydrazine groups is 1. The van der Waals surface area contributed by atoms with Gasteiger partial charge >= 0.3 is 6.03 Å². The van der Waals surface area contributed by atoms with E-state index in [0.29, 0.717) is 18.7 Å². The number of likely N-dealkylation sites (N-methyl/N-ethyl adjacent to an activating group) is 1. The molecule has 3 amide bonds. The van der Waals surface area contributed by atoms with Gasteiger partial charge in [0, 0.05) is 50.9 Å². The molecule has 8 heteroatoms. The largest absolute Gasteiger partial charge is 0.497 e. The SMILES string of the molecule is COc1cccc(N2C[C@@H](NC(=O)NN3CCN(C)CC3)CC2=O)c1. The monoisotopic (exact) mass is 347 g/mol. The van der Waals surface area contributed by atoms with Gasteiger partial charge < -0.3 is 19.9 Å². The molecule has 2 N–H and O–H groups in total. The molecular formula is C17H25N5O3. The Balaban J connectivity index is 1.52. The number of hydrogen-bond donors (Lipinski definition) is 2. The minimum atomic E-state index is -0.255. The molecule has 136 valence electrons. The van der Waals surface area contributed by atoms with Crippen LogP contribution in [0.5, 0.6) is 5.75 Å². The van der Waals surface area contributed by atoms with Crippen molar-refractivity contribution in [3.63, 3.8) is 0 Å². The fourth-order valence-corrected chi connectivity index (χ4v) is 3.11. The summed E-state index contributed by atoms with van der Waals surface area (Å²) in [6.45, 7) is 3.90. The van der Waals surface area contributed by atoms with Crippen molar-refractivity contribution in [2.75, 3.05) is 51.8 Å². The molecule has 0 bridgehead atoms. The van der Waals surface area contributed by atoms with E-state index in [0.717, 1.165) is 31.9 Å². The van der Waals surface area contributed by atoms with E-state index in [4.69, 9.17) is 4.74 Å². The number of urea groups is 1. The summed E-state index contributed by atoms with van der Waals surface area (Å²) in [5.41, 5.74) is 3.65. The second kappa shape index (κ2) is 7.71. The highest BCUT2D eigenvalue weighted by Crippen LogP contribution is 2.25. The Kier molecular flexibility index (Phi) is 5.40. The topological polar surface area (TPSA) is 77.2 Å². The number of nitrogens with one attached hydrogen (secondary N) is 2. The van der Waals surface area contributed by atoms with E-state index < -0.39 is 0 Å². The van der Waals surface area contributed by atoms with Gasteiger partial charge in [-0.1, -0.05) is 6.07 Å². The number of carbonyl (C=O) groups excluding carboxylic acids is 2. The van der Waals surface area contributed by atoms with Crippen LogP contribution in [-0.2, 0) is 4.79 Å². The standard InChI is InChI=1S/C17H25N5O3/c1-20-6-8-21(9-7-20)19-17(24)18-13-10-16(23)22(12-13)14-4-3-5-15(11-14)25-2/h3-5,11,13H,6-10,12H2,1-2H3,(H2,18,19,24)/t13-/m0/s1. The molecule has 1 atom stereocenters. The predicted molar refractivity (Wildman–Crippen MR) is 94.5 cm³/mol. The predicted octanol–water partition coefficient (Wildman–Crippen LogP) is 0.262. The molecular weight excluding hydrogens is 322 g/mol. The smallest absolute Gasteiger partial charge is 0.329 e. The minimum Gasteiger partial charge on any atom is -0.497 e. The maximum absolute atomic E-state index is 12.3. The van der Waals surface area contributed by atoms with E-state index in [-0.39, 0.29) is 18.0 Å². The first-order valence-corrected chi connectivity index (χ1v) is 8.50. The van der Waals surface area contributed by atoms with Crippen LogP contribution >= 0.6 is 0 Å². The first-order chi connectivity index (χ1) is 12.0. The van der Waals surface area contributed by atoms with Gasteiger partial charge in [0.15, 0.2) is 0 Å². The number of ether oxygens (including phenoxy) is 1. The number of nitrogens with zero attached hydrogens (tertiary/aromatic N) is 3. The molecule has 0 aliphatic carbocycles. The Morgan fingerprint density at radius 2 is 2.00 bits per heavy atom. The summed E-state index contributed by atoms with van der Waals surface area (Å²) in [7, 11) is 3.66. The van der Waals surface area contributed by atoms with Crippen LogP contribution < -0.4 is 20.4 Å². The highest BCUT2D eigenvalue weighted by atomic mass is 16.5. The van der Waals surface area contributed by atoms with Gasteiger partial charge in [-0.05, 0) is 19.2 Å². The maximum Gasteiger partial charge on any atom is 0.329 e. The first kappa shape index (κ1) is 17.5. The van der Waals surface area contributed by atoms with Crippen LogP contribution in [0.2, 0.25) is 0 Å². The molecule has 0 aromatic heterocycles. The van der Waals surface area contributed by atoms with Crippen molar-refractivity contribution >= 4 is 17.6 Å². The summed E-state index contributed by atoms with van der Waals surface area (Å²) in [4.78, 5) is 28.4. The van der Waals surface area contributed by atoms with E-state index in [2.05, 4.69) is 22.7 Å². The van der Waals surface area contributed by atoms with Crippen LogP contribution in [0, 0.1) is 0 Å². The fraction of sp³-hybridized carbons (Fsp3) is 0.529. The molecule has 0 unspecified atom stereocenters. The molecule has 8 nitrogen and oxygen atoms in total. The quantitative estimate of drug-likeness (QED) is 0.817. The maximum atomic E-state index is 12.3. The highest BCUT2D eigenvalue weighted by Gasteiger charge is 2.32.